The summed E-state index contributed by atoms with van der Waals surface area (Å²) in [6.07, 6.45) is 0. The van der Waals surface area contributed by atoms with E-state index in [4.69, 9.17) is 4.42 Å². The normalized spacial score (nSPS) is 15.7. The van der Waals surface area contributed by atoms with Crippen LogP contribution in [0.15, 0.2) is 223 Å². The summed E-state index contributed by atoms with van der Waals surface area (Å²) in [6, 6.07) is 80.0. The molecule has 63 heavy (non-hydrogen) atoms. The van der Waals surface area contributed by atoms with Gasteiger partial charge >= 0.3 is 0 Å². The van der Waals surface area contributed by atoms with Crippen LogP contribution in [0.5, 0.6) is 0 Å². The maximum Gasteiger partial charge on any atom is 0.140 e. The predicted octanol–water partition coefficient (Wildman–Crippen LogP) is 16.0. The van der Waals surface area contributed by atoms with Gasteiger partial charge in [0.1, 0.15) is 11.3 Å². The lowest BCUT2D eigenvalue weighted by atomic mass is 9.70. The molecule has 0 bridgehead atoms. The number of anilines is 6. The minimum atomic E-state index is -0.668. The van der Waals surface area contributed by atoms with Gasteiger partial charge in [-0.2, -0.15) is 0 Å². The first-order valence-corrected chi connectivity index (χ1v) is 21.9. The van der Waals surface area contributed by atoms with Crippen LogP contribution in [-0.4, -0.2) is 0 Å². The van der Waals surface area contributed by atoms with Crippen molar-refractivity contribution in [2.24, 2.45) is 0 Å². The monoisotopic (exact) mass is 806 g/mol. The molecule has 0 saturated heterocycles. The Bertz CT molecular complexity index is 3400. The van der Waals surface area contributed by atoms with E-state index in [0.717, 1.165) is 56.4 Å². The van der Waals surface area contributed by atoms with Crippen molar-refractivity contribution in [2.45, 2.75) is 24.7 Å². The molecular weight excluding hydrogens is 765 g/mol. The van der Waals surface area contributed by atoms with Crippen LogP contribution in [0.3, 0.4) is 0 Å². The molecule has 0 saturated carbocycles. The van der Waals surface area contributed by atoms with Crippen LogP contribution in [0.1, 0.15) is 47.2 Å². The van der Waals surface area contributed by atoms with Crippen LogP contribution in [0.25, 0.3) is 44.5 Å². The fourth-order valence-electron chi connectivity index (χ4n) is 11.3. The second kappa shape index (κ2) is 13.3. The van der Waals surface area contributed by atoms with Gasteiger partial charge in [-0.05, 0) is 135 Å². The highest BCUT2D eigenvalue weighted by Crippen LogP contribution is 2.66. The first-order chi connectivity index (χ1) is 31.0. The van der Waals surface area contributed by atoms with Gasteiger partial charge < -0.3 is 14.2 Å². The minimum Gasteiger partial charge on any atom is -0.456 e. The van der Waals surface area contributed by atoms with Gasteiger partial charge in [0.05, 0.1) is 5.41 Å². The summed E-state index contributed by atoms with van der Waals surface area (Å²) in [5, 5.41) is 1.14. The zero-order valence-corrected chi connectivity index (χ0v) is 35.1. The molecule has 3 heteroatoms. The van der Waals surface area contributed by atoms with Crippen molar-refractivity contribution in [1.82, 2.24) is 0 Å². The van der Waals surface area contributed by atoms with Crippen LogP contribution in [0, 0.1) is 0 Å². The van der Waals surface area contributed by atoms with Gasteiger partial charge in [-0.25, -0.2) is 0 Å². The van der Waals surface area contributed by atoms with Gasteiger partial charge in [-0.15, -0.1) is 0 Å². The molecule has 1 aromatic heterocycles. The van der Waals surface area contributed by atoms with Crippen LogP contribution < -0.4 is 9.80 Å². The molecule has 298 valence electrons. The van der Waals surface area contributed by atoms with Crippen LogP contribution >= 0.6 is 0 Å². The molecule has 0 fully saturated rings. The highest BCUT2D eigenvalue weighted by Gasteiger charge is 2.55. The number of para-hydroxylation sites is 4. The third-order valence-corrected chi connectivity index (χ3v) is 14.0. The molecule has 9 aromatic carbocycles. The molecule has 0 amide bonds. The van der Waals surface area contributed by atoms with Crippen molar-refractivity contribution < 1.29 is 4.42 Å². The number of rotatable bonds is 6. The number of hydrogen-bond acceptors (Lipinski definition) is 3. The van der Waals surface area contributed by atoms with E-state index in [1.165, 1.54) is 55.6 Å². The molecule has 0 N–H and O–H groups in total. The Morgan fingerprint density at radius 2 is 0.746 bits per heavy atom. The second-order valence-corrected chi connectivity index (χ2v) is 17.6. The molecule has 1 spiro atoms. The van der Waals surface area contributed by atoms with E-state index in [9.17, 15) is 0 Å². The standard InChI is InChI=1S/C60H42N2O/c1-59(2)51-27-15-12-24-45(51)47-33-30-42(36-53(47)59)62(41-22-10-5-11-23-41)44-32-35-49-55(38-44)60(57-50-26-14-17-29-56(50)63-58(49)57)52-28-16-13-25-46(52)48-34-31-43(37-54(48)60)61(39-18-6-3-7-19-39)40-20-8-4-9-21-40/h3-38H,1-2H3. The van der Waals surface area contributed by atoms with Gasteiger partial charge in [-0.1, -0.05) is 147 Å². The lowest BCUT2D eigenvalue weighted by molar-refractivity contribution is 0.628. The maximum atomic E-state index is 7.02. The SMILES string of the molecule is CC1(C)c2ccccc2-c2ccc(N(c3ccccc3)c3ccc4c(c3)C3(c5ccccc5-c5ccc(N(c6ccccc6)c6ccccc6)cc53)c3c-4oc4ccccc34)cc21. The van der Waals surface area contributed by atoms with Crippen molar-refractivity contribution in [3.63, 3.8) is 0 Å². The fourth-order valence-corrected chi connectivity index (χ4v) is 11.3. The number of nitrogens with zero attached hydrogens (tertiary/aromatic N) is 2. The fraction of sp³-hybridized carbons (Fsp3) is 0.0667. The van der Waals surface area contributed by atoms with E-state index < -0.39 is 5.41 Å². The van der Waals surface area contributed by atoms with Crippen molar-refractivity contribution in [2.75, 3.05) is 9.80 Å². The van der Waals surface area contributed by atoms with Crippen LogP contribution in [-0.2, 0) is 10.8 Å². The van der Waals surface area contributed by atoms with Crippen LogP contribution in [0.2, 0.25) is 0 Å². The number of furan rings is 1. The first-order valence-electron chi connectivity index (χ1n) is 21.9. The van der Waals surface area contributed by atoms with Crippen molar-refractivity contribution in [1.29, 1.82) is 0 Å². The lowest BCUT2D eigenvalue weighted by Gasteiger charge is -2.33. The lowest BCUT2D eigenvalue weighted by Crippen LogP contribution is -2.26. The highest BCUT2D eigenvalue weighted by atomic mass is 16.3. The molecule has 1 heterocycles. The zero-order chi connectivity index (χ0) is 41.9. The van der Waals surface area contributed by atoms with Gasteiger partial charge in [0.25, 0.3) is 0 Å². The summed E-state index contributed by atoms with van der Waals surface area (Å²) in [6.45, 7) is 4.72. The molecule has 3 nitrogen and oxygen atoms in total. The molecule has 1 unspecified atom stereocenters. The van der Waals surface area contributed by atoms with E-state index in [1.54, 1.807) is 0 Å². The van der Waals surface area contributed by atoms with Gasteiger partial charge in [0.2, 0.25) is 0 Å². The average Bonchev–Trinajstić information content (AvgIpc) is 4.02. The molecule has 10 aromatic rings. The number of fused-ring (bicyclic) bond motifs is 15. The molecule has 1 atom stereocenters. The summed E-state index contributed by atoms with van der Waals surface area (Å²) in [5.41, 5.74) is 20.7. The Kier molecular flexibility index (Phi) is 7.57. The van der Waals surface area contributed by atoms with Gasteiger partial charge in [0, 0.05) is 56.1 Å². The van der Waals surface area contributed by atoms with Gasteiger partial charge in [-0.3, -0.25) is 0 Å². The van der Waals surface area contributed by atoms with E-state index in [1.807, 2.05) is 0 Å². The Balaban J connectivity index is 1.08. The Hall–Kier alpha value is -7.88. The summed E-state index contributed by atoms with van der Waals surface area (Å²) in [4.78, 5) is 4.82. The topological polar surface area (TPSA) is 19.6 Å². The summed E-state index contributed by atoms with van der Waals surface area (Å²) < 4.78 is 7.02. The Morgan fingerprint density at radius 3 is 1.35 bits per heavy atom. The Morgan fingerprint density at radius 1 is 0.333 bits per heavy atom. The minimum absolute atomic E-state index is 0.135. The maximum absolute atomic E-state index is 7.02. The molecular formula is C60H42N2O. The number of benzene rings is 9. The summed E-state index contributed by atoms with van der Waals surface area (Å²) in [5.74, 6) is 0.942. The third kappa shape index (κ3) is 4.96. The predicted molar refractivity (Wildman–Crippen MR) is 259 cm³/mol. The molecule has 3 aliphatic rings. The quantitative estimate of drug-likeness (QED) is 0.167. The van der Waals surface area contributed by atoms with Crippen molar-refractivity contribution >= 4 is 45.1 Å². The van der Waals surface area contributed by atoms with Crippen molar-refractivity contribution in [3.05, 3.63) is 252 Å². The number of hydrogen-bond donors (Lipinski definition) is 0. The largest absolute Gasteiger partial charge is 0.456 e. The summed E-state index contributed by atoms with van der Waals surface area (Å²) in [7, 11) is 0. The third-order valence-electron chi connectivity index (χ3n) is 14.0. The van der Waals surface area contributed by atoms with E-state index in [2.05, 4.69) is 242 Å². The highest BCUT2D eigenvalue weighted by molar-refractivity contribution is 6.03. The second-order valence-electron chi connectivity index (χ2n) is 17.6. The molecule has 3 aliphatic carbocycles. The molecule has 0 aliphatic heterocycles. The van der Waals surface area contributed by atoms with Crippen molar-refractivity contribution in [3.8, 4) is 33.6 Å². The van der Waals surface area contributed by atoms with E-state index >= 15 is 0 Å². The molecule has 0 radical (unpaired) electrons. The molecule has 13 rings (SSSR count). The van der Waals surface area contributed by atoms with E-state index in [0.29, 0.717) is 0 Å². The summed E-state index contributed by atoms with van der Waals surface area (Å²) >= 11 is 0. The smallest absolute Gasteiger partial charge is 0.140 e. The van der Waals surface area contributed by atoms with Gasteiger partial charge in [0.15, 0.2) is 0 Å². The van der Waals surface area contributed by atoms with E-state index in [-0.39, 0.29) is 5.41 Å². The average molecular weight is 807 g/mol. The Labute approximate surface area is 367 Å². The first kappa shape index (κ1) is 35.8. The zero-order valence-electron chi connectivity index (χ0n) is 35.1. The van der Waals surface area contributed by atoms with Crippen LogP contribution in [0.4, 0.5) is 34.1 Å².